The second-order valence-corrected chi connectivity index (χ2v) is 0.412. The summed E-state index contributed by atoms with van der Waals surface area (Å²) in [7, 11) is 0. The van der Waals surface area contributed by atoms with Gasteiger partial charge in [0.25, 0.3) is 0 Å². The third-order valence-electron chi connectivity index (χ3n) is 0. The molecule has 0 radical (unpaired) electrons. The maximum absolute atomic E-state index is 7.25. The fourth-order valence-corrected chi connectivity index (χ4v) is 0. The molecule has 34 valence electrons. The van der Waals surface area contributed by atoms with Gasteiger partial charge in [0.1, 0.15) is 0 Å². The summed E-state index contributed by atoms with van der Waals surface area (Å²) >= 11 is -1.50. The molecule has 0 aromatic heterocycles. The van der Waals surface area contributed by atoms with Gasteiger partial charge in [-0.2, -0.15) is 0 Å². The van der Waals surface area contributed by atoms with Gasteiger partial charge in [-0.15, -0.1) is 24.8 Å². The first-order valence-electron chi connectivity index (χ1n) is 0.447. The van der Waals surface area contributed by atoms with Gasteiger partial charge in [0.05, 0.1) is 0 Å². The Labute approximate surface area is 52.3 Å². The Morgan fingerprint density at radius 3 is 1.00 bits per heavy atom. The molecule has 2 nitrogen and oxygen atoms in total. The average molecular weight is 155 g/mol. The van der Waals surface area contributed by atoms with Crippen LogP contribution in [0.3, 0.4) is 0 Å². The van der Waals surface area contributed by atoms with Crippen LogP contribution in [0.1, 0.15) is 0 Å². The molecule has 5 heavy (non-hydrogen) atoms. The van der Waals surface area contributed by atoms with E-state index < -0.39 is 19.9 Å². The molecule has 0 amide bonds. The molecule has 0 rings (SSSR count). The van der Waals surface area contributed by atoms with Crippen molar-refractivity contribution in [3.63, 3.8) is 0 Å². The summed E-state index contributed by atoms with van der Waals surface area (Å²) in [6, 6.07) is 0. The summed E-state index contributed by atoms with van der Waals surface area (Å²) in [6.07, 6.45) is 0. The summed E-state index contributed by atoms with van der Waals surface area (Å²) in [5.41, 5.74) is 0. The Balaban J connectivity index is -0.0000000200. The van der Waals surface area contributed by atoms with E-state index in [2.05, 4.69) is 0 Å². The molecule has 0 aliphatic heterocycles. The SMILES string of the molecule is Cl.Cl.[OH][Ti][OH]. The first kappa shape index (κ1) is 16.4. The summed E-state index contributed by atoms with van der Waals surface area (Å²) in [4.78, 5) is 0. The molecule has 0 aliphatic carbocycles. The van der Waals surface area contributed by atoms with Crippen molar-refractivity contribution in [2.75, 3.05) is 0 Å². The van der Waals surface area contributed by atoms with Crippen molar-refractivity contribution in [3.05, 3.63) is 0 Å². The predicted molar refractivity (Wildman–Crippen MR) is 18.9 cm³/mol. The van der Waals surface area contributed by atoms with Gasteiger partial charge in [-0.1, -0.05) is 0 Å². The molecule has 2 N–H and O–H groups in total. The van der Waals surface area contributed by atoms with E-state index in [0.29, 0.717) is 0 Å². The Morgan fingerprint density at radius 1 is 1.00 bits per heavy atom. The van der Waals surface area contributed by atoms with Crippen molar-refractivity contribution in [1.82, 2.24) is 0 Å². The van der Waals surface area contributed by atoms with Crippen LogP contribution in [0.15, 0.2) is 0 Å². The molecule has 0 aromatic rings. The zero-order chi connectivity index (χ0) is 2.71. The van der Waals surface area contributed by atoms with Crippen LogP contribution in [-0.2, 0) is 19.9 Å². The Kier molecular flexibility index (Phi) is 61.8. The Bertz CT molecular complexity index is 7.61. The van der Waals surface area contributed by atoms with Gasteiger partial charge in [0.2, 0.25) is 0 Å². The minimum absolute atomic E-state index is 0. The van der Waals surface area contributed by atoms with Crippen molar-refractivity contribution in [3.8, 4) is 0 Å². The van der Waals surface area contributed by atoms with E-state index in [1.165, 1.54) is 0 Å². The summed E-state index contributed by atoms with van der Waals surface area (Å²) in [6.45, 7) is 0. The maximum atomic E-state index is 7.25. The molecule has 0 fully saturated rings. The molecule has 0 spiro atoms. The zero-order valence-corrected chi connectivity index (χ0v) is 5.41. The van der Waals surface area contributed by atoms with Gasteiger partial charge in [-0.25, -0.2) is 0 Å². The number of halogens is 2. The van der Waals surface area contributed by atoms with E-state index in [-0.39, 0.29) is 24.8 Å². The standard InChI is InChI=1S/2ClH.2H2O.Ti/h2*1H;2*1H2;/q;;;;+2/p-2. The van der Waals surface area contributed by atoms with Crippen LogP contribution >= 0.6 is 24.8 Å². The molecule has 0 unspecified atom stereocenters. The third kappa shape index (κ3) is 36.5. The Morgan fingerprint density at radius 2 is 1.00 bits per heavy atom. The normalized spacial score (nSPS) is 2.80. The summed E-state index contributed by atoms with van der Waals surface area (Å²) < 4.78 is 14.5. The predicted octanol–water partition coefficient (Wildman–Crippen LogP) is -0.273. The van der Waals surface area contributed by atoms with E-state index in [1.54, 1.807) is 0 Å². The quantitative estimate of drug-likeness (QED) is 0.472. The Hall–Kier alpha value is 1.21. The second kappa shape index (κ2) is 18.9. The van der Waals surface area contributed by atoms with Gasteiger partial charge in [0, 0.05) is 0 Å². The zero-order valence-electron chi connectivity index (χ0n) is 2.21. The summed E-state index contributed by atoms with van der Waals surface area (Å²) in [5, 5.41) is 0. The van der Waals surface area contributed by atoms with Crippen molar-refractivity contribution in [2.45, 2.75) is 0 Å². The molecular formula is H4Cl2O2Ti. The topological polar surface area (TPSA) is 40.5 Å². The van der Waals surface area contributed by atoms with Crippen LogP contribution in [0.4, 0.5) is 0 Å². The van der Waals surface area contributed by atoms with Gasteiger partial charge in [-0.3, -0.25) is 0 Å². The van der Waals surface area contributed by atoms with E-state index in [9.17, 15) is 0 Å². The molecule has 0 saturated carbocycles. The number of hydrogen-bond acceptors (Lipinski definition) is 2. The molecule has 0 bridgehead atoms. The van der Waals surface area contributed by atoms with E-state index in [4.69, 9.17) is 7.38 Å². The van der Waals surface area contributed by atoms with E-state index in [1.807, 2.05) is 0 Å². The molecule has 5 heteroatoms. The molecular weight excluding hydrogens is 151 g/mol. The van der Waals surface area contributed by atoms with Crippen molar-refractivity contribution in [1.29, 1.82) is 0 Å². The summed E-state index contributed by atoms with van der Waals surface area (Å²) in [5.74, 6) is 0. The fraction of sp³-hybridized carbons (Fsp3) is 0. The molecule has 0 aromatic carbocycles. The van der Waals surface area contributed by atoms with Gasteiger partial charge in [0.15, 0.2) is 0 Å². The van der Waals surface area contributed by atoms with Gasteiger partial charge >= 0.3 is 27.3 Å². The van der Waals surface area contributed by atoms with Crippen LogP contribution in [0.5, 0.6) is 0 Å². The van der Waals surface area contributed by atoms with E-state index in [0.717, 1.165) is 0 Å². The van der Waals surface area contributed by atoms with Crippen molar-refractivity contribution >= 4 is 24.8 Å². The second-order valence-electron chi connectivity index (χ2n) is 0.100. The first-order chi connectivity index (χ1) is 1.41. The molecule has 0 heterocycles. The van der Waals surface area contributed by atoms with Crippen molar-refractivity contribution < 1.29 is 27.3 Å². The van der Waals surface area contributed by atoms with Crippen LogP contribution in [0, 0.1) is 0 Å². The van der Waals surface area contributed by atoms with Gasteiger partial charge in [-0.05, 0) is 0 Å². The van der Waals surface area contributed by atoms with Crippen LogP contribution in [0.2, 0.25) is 0 Å². The monoisotopic (exact) mass is 154 g/mol. The van der Waals surface area contributed by atoms with Gasteiger partial charge < -0.3 is 0 Å². The molecule has 0 atom stereocenters. The fourth-order valence-electron chi connectivity index (χ4n) is 0. The van der Waals surface area contributed by atoms with Crippen molar-refractivity contribution in [2.24, 2.45) is 0 Å². The van der Waals surface area contributed by atoms with Crippen LogP contribution in [0.25, 0.3) is 0 Å². The average Bonchev–Trinajstić information content (AvgIpc) is 0.918. The van der Waals surface area contributed by atoms with Crippen LogP contribution < -0.4 is 0 Å². The number of hydrogen-bond donors (Lipinski definition) is 2. The number of rotatable bonds is 0. The third-order valence-corrected chi connectivity index (χ3v) is 0. The van der Waals surface area contributed by atoms with E-state index >= 15 is 0 Å². The molecule has 0 saturated heterocycles. The minimum atomic E-state index is -1.50. The van der Waals surface area contributed by atoms with Crippen LogP contribution in [-0.4, -0.2) is 7.38 Å². The molecule has 0 aliphatic rings. The first-order valence-corrected chi connectivity index (χ1v) is 1.84.